The molecule has 11 heteroatoms. The summed E-state index contributed by atoms with van der Waals surface area (Å²) in [6.45, 7) is 0. The second kappa shape index (κ2) is 7.97. The van der Waals surface area contributed by atoms with Crippen LogP contribution in [0.2, 0.25) is 0 Å². The van der Waals surface area contributed by atoms with Crippen molar-refractivity contribution in [2.24, 2.45) is 0 Å². The molecular formula is C20H10F8N2O. The maximum absolute atomic E-state index is 13.9. The fraction of sp³-hybridized carbons (Fsp3) is 0.100. The number of benzene rings is 2. The molecule has 0 spiro atoms. The van der Waals surface area contributed by atoms with E-state index in [2.05, 4.69) is 5.10 Å². The van der Waals surface area contributed by atoms with Crippen molar-refractivity contribution in [1.29, 1.82) is 0 Å². The van der Waals surface area contributed by atoms with Crippen LogP contribution in [0.5, 0.6) is 0 Å². The van der Waals surface area contributed by atoms with Gasteiger partial charge in [-0.2, -0.15) is 31.4 Å². The van der Waals surface area contributed by atoms with Gasteiger partial charge < -0.3 is 0 Å². The predicted octanol–water partition coefficient (Wildman–Crippen LogP) is 5.93. The Hall–Kier alpha value is -3.50. The Morgan fingerprint density at radius 3 is 2.23 bits per heavy atom. The Morgan fingerprint density at radius 2 is 1.61 bits per heavy atom. The summed E-state index contributed by atoms with van der Waals surface area (Å²) in [7, 11) is 0. The highest BCUT2D eigenvalue weighted by Gasteiger charge is 2.42. The molecule has 3 rings (SSSR count). The van der Waals surface area contributed by atoms with Crippen LogP contribution in [-0.2, 0) is 17.1 Å². The number of alkyl halides is 6. The van der Waals surface area contributed by atoms with Gasteiger partial charge in [-0.05, 0) is 42.0 Å². The van der Waals surface area contributed by atoms with E-state index < -0.39 is 40.9 Å². The third-order valence-electron chi connectivity index (χ3n) is 4.09. The van der Waals surface area contributed by atoms with Crippen molar-refractivity contribution in [3.05, 3.63) is 82.7 Å². The monoisotopic (exact) mass is 446 g/mol. The molecule has 0 radical (unpaired) electrons. The van der Waals surface area contributed by atoms with Crippen LogP contribution in [0.4, 0.5) is 35.1 Å². The Morgan fingerprint density at radius 1 is 0.903 bits per heavy atom. The lowest BCUT2D eigenvalue weighted by molar-refractivity contribution is -0.143. The maximum atomic E-state index is 13.9. The fourth-order valence-corrected chi connectivity index (χ4v) is 2.74. The van der Waals surface area contributed by atoms with Gasteiger partial charge in [0.2, 0.25) is 0 Å². The Bertz CT molecular complexity index is 1160. The summed E-state index contributed by atoms with van der Waals surface area (Å²) in [5.41, 5.74) is -4.47. The summed E-state index contributed by atoms with van der Waals surface area (Å²) in [5, 5.41) is 3.01. The lowest BCUT2D eigenvalue weighted by atomic mass is 10.0. The van der Waals surface area contributed by atoms with Gasteiger partial charge in [-0.15, -0.1) is 0 Å². The van der Waals surface area contributed by atoms with Gasteiger partial charge in [0.05, 0.1) is 5.69 Å². The van der Waals surface area contributed by atoms with Crippen LogP contribution in [-0.4, -0.2) is 16.1 Å². The van der Waals surface area contributed by atoms with Crippen LogP contribution in [0, 0.1) is 11.6 Å². The third-order valence-corrected chi connectivity index (χ3v) is 4.09. The summed E-state index contributed by atoms with van der Waals surface area (Å²) in [6.07, 6.45) is -8.99. The minimum Gasteiger partial charge on any atom is -0.298 e. The first-order valence-electron chi connectivity index (χ1n) is 8.37. The molecule has 1 heterocycles. The zero-order chi connectivity index (χ0) is 23.0. The molecule has 0 amide bonds. The number of aromatic nitrogens is 2. The van der Waals surface area contributed by atoms with Crippen molar-refractivity contribution in [2.75, 3.05) is 0 Å². The Balaban J connectivity index is 2.12. The number of allylic oxidation sites excluding steroid dienone is 1. The third kappa shape index (κ3) is 4.81. The van der Waals surface area contributed by atoms with E-state index in [1.54, 1.807) is 0 Å². The van der Waals surface area contributed by atoms with E-state index in [4.69, 9.17) is 0 Å². The van der Waals surface area contributed by atoms with Crippen LogP contribution in [0.1, 0.15) is 22.5 Å². The molecule has 31 heavy (non-hydrogen) atoms. The van der Waals surface area contributed by atoms with Gasteiger partial charge in [0.1, 0.15) is 17.3 Å². The number of aldehydes is 1. The lowest BCUT2D eigenvalue weighted by Crippen LogP contribution is -2.13. The van der Waals surface area contributed by atoms with E-state index in [1.165, 1.54) is 12.1 Å². The van der Waals surface area contributed by atoms with Gasteiger partial charge in [0.25, 0.3) is 0 Å². The molecule has 1 aromatic heterocycles. The highest BCUT2D eigenvalue weighted by Crippen LogP contribution is 2.36. The SMILES string of the molecule is O=CC(=Cc1cccc(-n2nc(C(F)(F)F)cc2C(F)(F)F)c1)c1cc(F)ccc1F. The smallest absolute Gasteiger partial charge is 0.298 e. The molecule has 0 N–H and O–H groups in total. The molecule has 0 atom stereocenters. The first kappa shape index (κ1) is 22.2. The van der Waals surface area contributed by atoms with Crippen LogP contribution >= 0.6 is 0 Å². The van der Waals surface area contributed by atoms with Gasteiger partial charge in [0.15, 0.2) is 12.0 Å². The molecule has 162 valence electrons. The quantitative estimate of drug-likeness (QED) is 0.216. The Labute approximate surface area is 169 Å². The molecule has 0 bridgehead atoms. The molecule has 0 unspecified atom stereocenters. The van der Waals surface area contributed by atoms with Crippen LogP contribution in [0.25, 0.3) is 17.3 Å². The van der Waals surface area contributed by atoms with Gasteiger partial charge in [-0.25, -0.2) is 13.5 Å². The van der Waals surface area contributed by atoms with Crippen molar-refractivity contribution in [2.45, 2.75) is 12.4 Å². The Kier molecular flexibility index (Phi) is 5.70. The molecule has 0 aliphatic carbocycles. The number of hydrogen-bond donors (Lipinski definition) is 0. The molecule has 0 saturated heterocycles. The van der Waals surface area contributed by atoms with Crippen LogP contribution < -0.4 is 0 Å². The topological polar surface area (TPSA) is 34.9 Å². The summed E-state index contributed by atoms with van der Waals surface area (Å²) in [5.74, 6) is -1.75. The van der Waals surface area contributed by atoms with Gasteiger partial charge in [-0.3, -0.25) is 4.79 Å². The number of rotatable bonds is 4. The average Bonchev–Trinajstić information content (AvgIpc) is 3.15. The number of halogens is 8. The summed E-state index contributed by atoms with van der Waals surface area (Å²) in [6, 6.07) is 6.86. The fourth-order valence-electron chi connectivity index (χ4n) is 2.74. The minimum atomic E-state index is -5.14. The summed E-state index contributed by atoms with van der Waals surface area (Å²) < 4.78 is 106. The second-order valence-corrected chi connectivity index (χ2v) is 6.26. The van der Waals surface area contributed by atoms with Crippen molar-refractivity contribution >= 4 is 17.9 Å². The van der Waals surface area contributed by atoms with E-state index in [0.29, 0.717) is 0 Å². The number of carbonyl (C=O) groups is 1. The molecule has 3 nitrogen and oxygen atoms in total. The highest BCUT2D eigenvalue weighted by atomic mass is 19.4. The van der Waals surface area contributed by atoms with Crippen molar-refractivity contribution in [1.82, 2.24) is 9.78 Å². The van der Waals surface area contributed by atoms with Crippen molar-refractivity contribution < 1.29 is 39.9 Å². The molecule has 0 aliphatic rings. The van der Waals surface area contributed by atoms with E-state index in [9.17, 15) is 39.9 Å². The standard InChI is InChI=1S/C20H10F8N2O/c21-13-4-5-16(22)15(8-13)12(10-31)6-11-2-1-3-14(7-11)30-18(20(26,27)28)9-17(29-30)19(23,24)25/h1-10H. The molecule has 0 aliphatic heterocycles. The first-order chi connectivity index (χ1) is 14.4. The lowest BCUT2D eigenvalue weighted by Gasteiger charge is -2.11. The van der Waals surface area contributed by atoms with Gasteiger partial charge in [-0.1, -0.05) is 12.1 Å². The van der Waals surface area contributed by atoms with Gasteiger partial charge >= 0.3 is 12.4 Å². The molecule has 3 aromatic rings. The van der Waals surface area contributed by atoms with E-state index in [0.717, 1.165) is 36.4 Å². The van der Waals surface area contributed by atoms with E-state index >= 15 is 0 Å². The van der Waals surface area contributed by atoms with Crippen LogP contribution in [0.15, 0.2) is 48.5 Å². The largest absolute Gasteiger partial charge is 0.435 e. The summed E-state index contributed by atoms with van der Waals surface area (Å²) >= 11 is 0. The molecular weight excluding hydrogens is 436 g/mol. The normalized spacial score (nSPS) is 12.8. The zero-order valence-electron chi connectivity index (χ0n) is 15.1. The van der Waals surface area contributed by atoms with Gasteiger partial charge in [0, 0.05) is 17.2 Å². The second-order valence-electron chi connectivity index (χ2n) is 6.26. The zero-order valence-corrected chi connectivity index (χ0v) is 15.1. The minimum absolute atomic E-state index is 0.0421. The number of hydrogen-bond acceptors (Lipinski definition) is 2. The van der Waals surface area contributed by atoms with E-state index in [1.807, 2.05) is 0 Å². The highest BCUT2D eigenvalue weighted by molar-refractivity contribution is 6.13. The predicted molar refractivity (Wildman–Crippen MR) is 93.9 cm³/mol. The van der Waals surface area contributed by atoms with E-state index in [-0.39, 0.29) is 33.9 Å². The first-order valence-corrected chi connectivity index (χ1v) is 8.37. The van der Waals surface area contributed by atoms with Crippen molar-refractivity contribution in [3.63, 3.8) is 0 Å². The molecule has 0 saturated carbocycles. The maximum Gasteiger partial charge on any atom is 0.435 e. The number of nitrogens with zero attached hydrogens (tertiary/aromatic N) is 2. The molecule has 0 fully saturated rings. The van der Waals surface area contributed by atoms with Crippen LogP contribution in [0.3, 0.4) is 0 Å². The number of carbonyl (C=O) groups excluding carboxylic acids is 1. The average molecular weight is 446 g/mol. The molecule has 2 aromatic carbocycles. The van der Waals surface area contributed by atoms with Crippen molar-refractivity contribution in [3.8, 4) is 5.69 Å². The summed E-state index contributed by atoms with van der Waals surface area (Å²) in [4.78, 5) is 11.4.